The first-order chi connectivity index (χ1) is 15.1. The van der Waals surface area contributed by atoms with Crippen molar-refractivity contribution in [3.05, 3.63) is 92.5 Å². The number of hydrogen-bond donors (Lipinski definition) is 1. The number of nitro groups is 1. The highest BCUT2D eigenvalue weighted by atomic mass is 35.5. The molecule has 0 saturated carbocycles. The molecule has 32 heavy (non-hydrogen) atoms. The number of fused-ring (bicyclic) bond motifs is 1. The van der Waals surface area contributed by atoms with Crippen LogP contribution in [0.5, 0.6) is 11.5 Å². The van der Waals surface area contributed by atoms with Gasteiger partial charge in [-0.25, -0.2) is 0 Å². The van der Waals surface area contributed by atoms with Gasteiger partial charge >= 0.3 is 5.69 Å². The van der Waals surface area contributed by atoms with Crippen LogP contribution in [0.2, 0.25) is 5.02 Å². The zero-order chi connectivity index (χ0) is 23.0. The Hall–Kier alpha value is -3.64. The molecule has 1 N–H and O–H groups in total. The molecule has 0 fully saturated rings. The van der Waals surface area contributed by atoms with Crippen molar-refractivity contribution in [1.29, 1.82) is 0 Å². The smallest absolute Gasteiger partial charge is 0.312 e. The van der Waals surface area contributed by atoms with Crippen LogP contribution in [0.15, 0.2) is 60.7 Å². The maximum Gasteiger partial charge on any atom is 0.312 e. The van der Waals surface area contributed by atoms with Gasteiger partial charge in [0.25, 0.3) is 5.91 Å². The summed E-state index contributed by atoms with van der Waals surface area (Å²) in [5.74, 6) is 0.348. The molecule has 1 aliphatic rings. The number of amides is 1. The Morgan fingerprint density at radius 3 is 2.41 bits per heavy atom. The predicted molar refractivity (Wildman–Crippen MR) is 126 cm³/mol. The van der Waals surface area contributed by atoms with E-state index in [1.165, 1.54) is 12.1 Å². The van der Waals surface area contributed by atoms with E-state index in [-0.39, 0.29) is 22.8 Å². The number of carbonyl (C=O) groups excluding carboxylic acids is 1. The molecule has 1 heterocycles. The van der Waals surface area contributed by atoms with Crippen LogP contribution >= 0.6 is 11.6 Å². The Bertz CT molecular complexity index is 1260. The molecule has 0 aliphatic carbocycles. The molecule has 162 valence electrons. The Balaban J connectivity index is 1.65. The number of ether oxygens (including phenoxy) is 1. The van der Waals surface area contributed by atoms with Crippen LogP contribution in [-0.4, -0.2) is 10.8 Å². The van der Waals surface area contributed by atoms with E-state index in [1.54, 1.807) is 42.5 Å². The van der Waals surface area contributed by atoms with Gasteiger partial charge in [-0.15, -0.1) is 0 Å². The number of halogens is 1. The normalized spacial score (nSPS) is 14.2. The molecular weight excluding hydrogens is 428 g/mol. The lowest BCUT2D eigenvalue weighted by Crippen LogP contribution is -2.10. The Kier molecular flexibility index (Phi) is 5.48. The number of anilines is 1. The molecule has 7 heteroatoms. The summed E-state index contributed by atoms with van der Waals surface area (Å²) >= 11 is 5.99. The van der Waals surface area contributed by atoms with Gasteiger partial charge in [-0.3, -0.25) is 14.9 Å². The summed E-state index contributed by atoms with van der Waals surface area (Å²) in [6, 6.07) is 17.2. The topological polar surface area (TPSA) is 81.5 Å². The fraction of sp³-hybridized carbons (Fsp3) is 0.160. The van der Waals surface area contributed by atoms with Crippen LogP contribution in [0.3, 0.4) is 0 Å². The van der Waals surface area contributed by atoms with Gasteiger partial charge in [0.1, 0.15) is 5.75 Å². The summed E-state index contributed by atoms with van der Waals surface area (Å²) in [5.41, 5.74) is 3.18. The summed E-state index contributed by atoms with van der Waals surface area (Å²) < 4.78 is 5.80. The first-order valence-corrected chi connectivity index (χ1v) is 10.4. The molecule has 4 rings (SSSR count). The number of nitrogens with zero attached hydrogens (tertiary/aromatic N) is 1. The van der Waals surface area contributed by atoms with E-state index < -0.39 is 4.92 Å². The Morgan fingerprint density at radius 2 is 1.75 bits per heavy atom. The van der Waals surface area contributed by atoms with E-state index in [4.69, 9.17) is 16.3 Å². The second kappa shape index (κ2) is 8.13. The highest BCUT2D eigenvalue weighted by molar-refractivity contribution is 6.36. The van der Waals surface area contributed by atoms with Crippen LogP contribution < -0.4 is 10.1 Å². The molecule has 0 unspecified atom stereocenters. The second-order valence-corrected chi connectivity index (χ2v) is 9.00. The van der Waals surface area contributed by atoms with Gasteiger partial charge in [-0.05, 0) is 52.9 Å². The van der Waals surface area contributed by atoms with Crippen molar-refractivity contribution in [2.45, 2.75) is 26.2 Å². The van der Waals surface area contributed by atoms with Crippen LogP contribution in [0.1, 0.15) is 37.5 Å². The van der Waals surface area contributed by atoms with E-state index in [0.29, 0.717) is 33.2 Å². The summed E-state index contributed by atoms with van der Waals surface area (Å²) in [6.07, 6.45) is 1.62. The van der Waals surface area contributed by atoms with Gasteiger partial charge in [0.05, 0.1) is 10.6 Å². The number of rotatable bonds is 4. The zero-order valence-corrected chi connectivity index (χ0v) is 18.6. The fourth-order valence-electron chi connectivity index (χ4n) is 3.48. The van der Waals surface area contributed by atoms with E-state index in [9.17, 15) is 14.9 Å². The molecule has 0 atom stereocenters. The first kappa shape index (κ1) is 21.6. The minimum atomic E-state index is -0.497. The van der Waals surface area contributed by atoms with Crippen molar-refractivity contribution in [2.75, 3.05) is 5.32 Å². The SMILES string of the molecule is CC(C)(C)c1ccc(Oc2ccc(C=C3C(=O)Nc4cc(Cl)ccc43)cc2[N+](=O)[O-])cc1. The lowest BCUT2D eigenvalue weighted by atomic mass is 9.87. The average molecular weight is 449 g/mol. The summed E-state index contributed by atoms with van der Waals surface area (Å²) in [6.45, 7) is 6.33. The van der Waals surface area contributed by atoms with Gasteiger partial charge in [-0.1, -0.05) is 56.6 Å². The minimum absolute atomic E-state index is 0.00381. The highest BCUT2D eigenvalue weighted by Crippen LogP contribution is 2.37. The van der Waals surface area contributed by atoms with Crippen molar-refractivity contribution in [3.8, 4) is 11.5 Å². The number of hydrogen-bond acceptors (Lipinski definition) is 4. The number of benzene rings is 3. The predicted octanol–water partition coefficient (Wildman–Crippen LogP) is 6.83. The van der Waals surface area contributed by atoms with Gasteiger partial charge in [-0.2, -0.15) is 0 Å². The lowest BCUT2D eigenvalue weighted by Gasteiger charge is -2.19. The summed E-state index contributed by atoms with van der Waals surface area (Å²) in [4.78, 5) is 23.6. The third-order valence-electron chi connectivity index (χ3n) is 5.20. The first-order valence-electron chi connectivity index (χ1n) is 10.0. The van der Waals surface area contributed by atoms with Crippen molar-refractivity contribution in [1.82, 2.24) is 0 Å². The molecule has 3 aromatic rings. The molecule has 0 saturated heterocycles. The molecule has 6 nitrogen and oxygen atoms in total. The maximum atomic E-state index is 12.4. The zero-order valence-electron chi connectivity index (χ0n) is 17.8. The van der Waals surface area contributed by atoms with Gasteiger partial charge in [0.2, 0.25) is 5.75 Å². The molecule has 0 spiro atoms. The van der Waals surface area contributed by atoms with E-state index in [2.05, 4.69) is 26.1 Å². The second-order valence-electron chi connectivity index (χ2n) is 8.56. The van der Waals surface area contributed by atoms with Crippen LogP contribution in [0, 0.1) is 10.1 Å². The largest absolute Gasteiger partial charge is 0.450 e. The Morgan fingerprint density at radius 1 is 1.03 bits per heavy atom. The quantitative estimate of drug-likeness (QED) is 0.269. The molecule has 1 aliphatic heterocycles. The Labute approximate surface area is 190 Å². The molecule has 1 amide bonds. The molecule has 0 bridgehead atoms. The minimum Gasteiger partial charge on any atom is -0.450 e. The van der Waals surface area contributed by atoms with E-state index in [0.717, 1.165) is 5.56 Å². The van der Waals surface area contributed by atoms with Gasteiger partial charge < -0.3 is 10.1 Å². The maximum absolute atomic E-state index is 12.4. The van der Waals surface area contributed by atoms with Crippen molar-refractivity contribution in [3.63, 3.8) is 0 Å². The van der Waals surface area contributed by atoms with Gasteiger partial charge in [0, 0.05) is 22.2 Å². The standard InChI is InChI=1S/C25H21ClN2O4/c1-25(2,3)16-5-8-18(9-6-16)32-23-11-4-15(13-22(23)28(30)31)12-20-19-10-7-17(26)14-21(19)27-24(20)29/h4-14H,1-3H3,(H,27,29). The third-order valence-corrected chi connectivity index (χ3v) is 5.44. The molecular formula is C25H21ClN2O4. The molecule has 3 aromatic carbocycles. The molecule has 0 radical (unpaired) electrons. The van der Waals surface area contributed by atoms with Crippen LogP contribution in [0.4, 0.5) is 11.4 Å². The van der Waals surface area contributed by atoms with E-state index in [1.807, 2.05) is 12.1 Å². The third kappa shape index (κ3) is 4.36. The molecule has 0 aromatic heterocycles. The highest BCUT2D eigenvalue weighted by Gasteiger charge is 2.25. The lowest BCUT2D eigenvalue weighted by molar-refractivity contribution is -0.385. The van der Waals surface area contributed by atoms with Crippen molar-refractivity contribution >= 4 is 40.5 Å². The van der Waals surface area contributed by atoms with Crippen LogP contribution in [0.25, 0.3) is 11.6 Å². The number of nitro benzene ring substituents is 1. The monoisotopic (exact) mass is 448 g/mol. The average Bonchev–Trinajstić information content (AvgIpc) is 3.02. The number of nitrogens with one attached hydrogen (secondary N) is 1. The van der Waals surface area contributed by atoms with Crippen LogP contribution in [-0.2, 0) is 10.2 Å². The summed E-state index contributed by atoms with van der Waals surface area (Å²) in [7, 11) is 0. The van der Waals surface area contributed by atoms with E-state index >= 15 is 0 Å². The van der Waals surface area contributed by atoms with Crippen molar-refractivity contribution in [2.24, 2.45) is 0 Å². The van der Waals surface area contributed by atoms with Gasteiger partial charge in [0.15, 0.2) is 0 Å². The summed E-state index contributed by atoms with van der Waals surface area (Å²) in [5, 5.41) is 15.0. The number of carbonyl (C=O) groups is 1. The van der Waals surface area contributed by atoms with Crippen molar-refractivity contribution < 1.29 is 14.5 Å². The fourth-order valence-corrected chi connectivity index (χ4v) is 3.65.